The highest BCUT2D eigenvalue weighted by Gasteiger charge is 2.31. The van der Waals surface area contributed by atoms with Crippen LogP contribution in [-0.4, -0.2) is 37.4 Å². The van der Waals surface area contributed by atoms with E-state index in [0.29, 0.717) is 29.0 Å². The lowest BCUT2D eigenvalue weighted by molar-refractivity contribution is 0.190. The maximum atomic E-state index is 13.3. The molecule has 1 unspecified atom stereocenters. The summed E-state index contributed by atoms with van der Waals surface area (Å²) in [6.07, 6.45) is 0.804. The van der Waals surface area contributed by atoms with Crippen LogP contribution in [0.1, 0.15) is 22.7 Å². The fourth-order valence-electron chi connectivity index (χ4n) is 4.06. The Hall–Kier alpha value is -3.32. The molecule has 0 aromatic heterocycles. The van der Waals surface area contributed by atoms with E-state index in [9.17, 15) is 4.39 Å². The van der Waals surface area contributed by atoms with Crippen molar-refractivity contribution in [3.63, 3.8) is 0 Å². The molecule has 172 valence electrons. The third-order valence-corrected chi connectivity index (χ3v) is 6.21. The predicted molar refractivity (Wildman–Crippen MR) is 132 cm³/mol. The molecule has 1 N–H and O–H groups in total. The van der Waals surface area contributed by atoms with Gasteiger partial charge in [0.15, 0.2) is 16.6 Å². The monoisotopic (exact) mass is 466 g/mol. The number of fused-ring (bicyclic) bond motifs is 1. The van der Waals surface area contributed by atoms with Crippen LogP contribution < -0.4 is 19.5 Å². The van der Waals surface area contributed by atoms with E-state index in [2.05, 4.69) is 10.2 Å². The van der Waals surface area contributed by atoms with Crippen LogP contribution in [0.25, 0.3) is 0 Å². The van der Waals surface area contributed by atoms with E-state index >= 15 is 0 Å². The first-order chi connectivity index (χ1) is 16.0. The second-order valence-electron chi connectivity index (χ2n) is 7.88. The SMILES string of the molecule is COc1cc2c(cc1OC)C(COc1ccc(F)cc1)N(C(=S)Nc1ccccc1C)CC2. The van der Waals surface area contributed by atoms with Crippen molar-refractivity contribution in [3.8, 4) is 17.2 Å². The van der Waals surface area contributed by atoms with E-state index in [-0.39, 0.29) is 11.9 Å². The minimum atomic E-state index is -0.299. The maximum Gasteiger partial charge on any atom is 0.174 e. The van der Waals surface area contributed by atoms with Crippen molar-refractivity contribution in [3.05, 3.63) is 83.2 Å². The van der Waals surface area contributed by atoms with Gasteiger partial charge in [0.05, 0.1) is 20.3 Å². The molecule has 0 fully saturated rings. The van der Waals surface area contributed by atoms with Gasteiger partial charge in [-0.05, 0) is 84.7 Å². The molecule has 0 amide bonds. The van der Waals surface area contributed by atoms with E-state index in [0.717, 1.165) is 35.3 Å². The molecule has 0 spiro atoms. The highest BCUT2D eigenvalue weighted by atomic mass is 32.1. The zero-order valence-corrected chi connectivity index (χ0v) is 19.7. The number of hydrogen-bond acceptors (Lipinski definition) is 4. The lowest BCUT2D eigenvalue weighted by Gasteiger charge is -2.39. The van der Waals surface area contributed by atoms with Gasteiger partial charge in [0, 0.05) is 12.2 Å². The van der Waals surface area contributed by atoms with E-state index in [1.807, 2.05) is 43.3 Å². The third-order valence-electron chi connectivity index (χ3n) is 5.87. The summed E-state index contributed by atoms with van der Waals surface area (Å²) in [5.41, 5.74) is 4.31. The Kier molecular flexibility index (Phi) is 6.99. The summed E-state index contributed by atoms with van der Waals surface area (Å²) in [7, 11) is 3.26. The normalized spacial score (nSPS) is 14.9. The molecule has 3 aromatic carbocycles. The van der Waals surface area contributed by atoms with Gasteiger partial charge in [-0.15, -0.1) is 0 Å². The Labute approximate surface area is 199 Å². The number of aryl methyl sites for hydroxylation is 1. The maximum absolute atomic E-state index is 13.3. The first kappa shape index (κ1) is 22.9. The minimum Gasteiger partial charge on any atom is -0.493 e. The molecule has 0 bridgehead atoms. The molecule has 1 atom stereocenters. The second kappa shape index (κ2) is 10.1. The van der Waals surface area contributed by atoms with Crippen molar-refractivity contribution in [2.24, 2.45) is 0 Å². The summed E-state index contributed by atoms with van der Waals surface area (Å²) in [5.74, 6) is 1.65. The highest BCUT2D eigenvalue weighted by molar-refractivity contribution is 7.80. The van der Waals surface area contributed by atoms with Gasteiger partial charge in [-0.3, -0.25) is 0 Å². The molecule has 3 aromatic rings. The van der Waals surface area contributed by atoms with Gasteiger partial charge in [-0.2, -0.15) is 0 Å². The van der Waals surface area contributed by atoms with Gasteiger partial charge in [-0.1, -0.05) is 18.2 Å². The Bertz CT molecular complexity index is 1140. The van der Waals surface area contributed by atoms with Gasteiger partial charge in [0.25, 0.3) is 0 Å². The number of nitrogens with zero attached hydrogens (tertiary/aromatic N) is 1. The molecule has 0 saturated heterocycles. The molecule has 7 heteroatoms. The summed E-state index contributed by atoms with van der Waals surface area (Å²) in [6, 6.07) is 17.9. The lowest BCUT2D eigenvalue weighted by atomic mass is 9.92. The number of hydrogen-bond donors (Lipinski definition) is 1. The molecule has 33 heavy (non-hydrogen) atoms. The number of anilines is 1. The zero-order valence-electron chi connectivity index (χ0n) is 18.9. The van der Waals surface area contributed by atoms with Crippen LogP contribution in [-0.2, 0) is 6.42 Å². The average molecular weight is 467 g/mol. The van der Waals surface area contributed by atoms with Gasteiger partial charge in [0.2, 0.25) is 0 Å². The van der Waals surface area contributed by atoms with Crippen molar-refractivity contribution < 1.29 is 18.6 Å². The molecule has 1 aliphatic rings. The van der Waals surface area contributed by atoms with E-state index in [1.54, 1.807) is 26.4 Å². The molecule has 4 rings (SSSR count). The van der Waals surface area contributed by atoms with Crippen molar-refractivity contribution in [1.82, 2.24) is 4.90 Å². The van der Waals surface area contributed by atoms with Gasteiger partial charge >= 0.3 is 0 Å². The van der Waals surface area contributed by atoms with E-state index in [1.165, 1.54) is 12.1 Å². The van der Waals surface area contributed by atoms with Crippen LogP contribution in [0, 0.1) is 12.7 Å². The van der Waals surface area contributed by atoms with Crippen molar-refractivity contribution in [2.45, 2.75) is 19.4 Å². The smallest absolute Gasteiger partial charge is 0.174 e. The van der Waals surface area contributed by atoms with Crippen LogP contribution in [0.15, 0.2) is 60.7 Å². The molecule has 5 nitrogen and oxygen atoms in total. The quantitative estimate of drug-likeness (QED) is 0.482. The van der Waals surface area contributed by atoms with Gasteiger partial charge < -0.3 is 24.4 Å². The van der Waals surface area contributed by atoms with Crippen LogP contribution >= 0.6 is 12.2 Å². The van der Waals surface area contributed by atoms with Crippen molar-refractivity contribution in [1.29, 1.82) is 0 Å². The van der Waals surface area contributed by atoms with Crippen LogP contribution in [0.3, 0.4) is 0 Å². The highest BCUT2D eigenvalue weighted by Crippen LogP contribution is 2.38. The summed E-state index contributed by atoms with van der Waals surface area (Å²) < 4.78 is 30.5. The number of para-hydroxylation sites is 1. The fourth-order valence-corrected chi connectivity index (χ4v) is 4.39. The van der Waals surface area contributed by atoms with Crippen molar-refractivity contribution >= 4 is 23.0 Å². The van der Waals surface area contributed by atoms with Crippen LogP contribution in [0.4, 0.5) is 10.1 Å². The minimum absolute atomic E-state index is 0.164. The Morgan fingerprint density at radius 1 is 1.06 bits per heavy atom. The van der Waals surface area contributed by atoms with Crippen LogP contribution in [0.2, 0.25) is 0 Å². The average Bonchev–Trinajstić information content (AvgIpc) is 2.83. The molecular weight excluding hydrogens is 439 g/mol. The molecule has 0 saturated carbocycles. The lowest BCUT2D eigenvalue weighted by Crippen LogP contribution is -2.44. The second-order valence-corrected chi connectivity index (χ2v) is 8.26. The number of benzene rings is 3. The number of methoxy groups -OCH3 is 2. The summed E-state index contributed by atoms with van der Waals surface area (Å²) in [5, 5.41) is 4.02. The first-order valence-corrected chi connectivity index (χ1v) is 11.2. The fraction of sp³-hybridized carbons (Fsp3) is 0.269. The Balaban J connectivity index is 1.65. The number of ether oxygens (including phenoxy) is 3. The summed E-state index contributed by atoms with van der Waals surface area (Å²) in [6.45, 7) is 3.10. The number of rotatable bonds is 6. The standard InChI is InChI=1S/C26H27FN2O3S/c1-17-6-4-5-7-22(17)28-26(33)29-13-12-18-14-24(30-2)25(31-3)15-21(18)23(29)16-32-20-10-8-19(27)9-11-20/h4-11,14-15,23H,12-13,16H2,1-3H3,(H,28,33). The Morgan fingerprint density at radius 3 is 2.45 bits per heavy atom. The molecule has 1 aliphatic heterocycles. The molecule has 1 heterocycles. The topological polar surface area (TPSA) is 43.0 Å². The number of thiocarbonyl (C=S) groups is 1. The van der Waals surface area contributed by atoms with E-state index < -0.39 is 0 Å². The van der Waals surface area contributed by atoms with Gasteiger partial charge in [-0.25, -0.2) is 4.39 Å². The number of nitrogens with one attached hydrogen (secondary N) is 1. The first-order valence-electron chi connectivity index (χ1n) is 10.8. The van der Waals surface area contributed by atoms with Crippen LogP contribution in [0.5, 0.6) is 17.2 Å². The molecule has 0 radical (unpaired) electrons. The summed E-state index contributed by atoms with van der Waals surface area (Å²) in [4.78, 5) is 2.14. The largest absolute Gasteiger partial charge is 0.493 e. The summed E-state index contributed by atoms with van der Waals surface area (Å²) >= 11 is 5.83. The predicted octanol–water partition coefficient (Wildman–Crippen LogP) is 5.53. The van der Waals surface area contributed by atoms with Crippen molar-refractivity contribution in [2.75, 3.05) is 32.7 Å². The third kappa shape index (κ3) is 5.03. The molecular formula is C26H27FN2O3S. The van der Waals surface area contributed by atoms with Gasteiger partial charge in [0.1, 0.15) is 18.2 Å². The van der Waals surface area contributed by atoms with E-state index in [4.69, 9.17) is 26.4 Å². The number of halogens is 1. The zero-order chi connectivity index (χ0) is 23.4. The Morgan fingerprint density at radius 2 is 1.76 bits per heavy atom. The molecule has 0 aliphatic carbocycles.